The molecule has 6 heteroatoms. The normalized spacial score (nSPS) is 12.2. The largest absolute Gasteiger partial charge is 0.504 e. The first kappa shape index (κ1) is 16.3. The van der Waals surface area contributed by atoms with Gasteiger partial charge in [0.05, 0.1) is 12.6 Å². The van der Waals surface area contributed by atoms with Gasteiger partial charge in [-0.15, -0.1) is 0 Å². The molecule has 5 N–H and O–H groups in total. The van der Waals surface area contributed by atoms with E-state index in [9.17, 15) is 15.0 Å². The molecule has 0 aliphatic heterocycles. The Morgan fingerprint density at radius 2 is 2.00 bits per heavy atom. The van der Waals surface area contributed by atoms with Gasteiger partial charge < -0.3 is 26.0 Å². The predicted molar refractivity (Wildman–Crippen MR) is 75.4 cm³/mol. The molecule has 1 atom stereocenters. The van der Waals surface area contributed by atoms with Crippen molar-refractivity contribution in [2.24, 2.45) is 5.73 Å². The number of nitrogens with zero attached hydrogens (tertiary/aromatic N) is 1. The highest BCUT2D eigenvalue weighted by Gasteiger charge is 2.20. The number of phenolic OH excluding ortho intramolecular Hbond substituents is 2. The lowest BCUT2D eigenvalue weighted by atomic mass is 10.0. The van der Waals surface area contributed by atoms with Gasteiger partial charge in [0.15, 0.2) is 11.5 Å². The Bertz CT molecular complexity index is 445. The molecule has 0 bridgehead atoms. The highest BCUT2D eigenvalue weighted by molar-refractivity contribution is 5.82. The number of nitrogens with two attached hydrogens (primary N) is 1. The van der Waals surface area contributed by atoms with E-state index in [2.05, 4.69) is 0 Å². The smallest absolute Gasteiger partial charge is 0.239 e. The second-order valence-corrected chi connectivity index (χ2v) is 4.68. The van der Waals surface area contributed by atoms with Crippen molar-refractivity contribution in [1.82, 2.24) is 4.90 Å². The summed E-state index contributed by atoms with van der Waals surface area (Å²) in [7, 11) is 0. The lowest BCUT2D eigenvalue weighted by Gasteiger charge is -2.24. The van der Waals surface area contributed by atoms with Crippen LogP contribution in [-0.2, 0) is 11.2 Å². The molecule has 0 fully saturated rings. The molecule has 0 aromatic heterocycles. The molecule has 0 saturated heterocycles. The Hall–Kier alpha value is -1.79. The Balaban J connectivity index is 2.70. The first-order valence-electron chi connectivity index (χ1n) is 6.65. The van der Waals surface area contributed by atoms with E-state index >= 15 is 0 Å². The average molecular weight is 282 g/mol. The Morgan fingerprint density at radius 1 is 1.30 bits per heavy atom. The molecule has 1 rings (SSSR count). The fourth-order valence-electron chi connectivity index (χ4n) is 1.99. The van der Waals surface area contributed by atoms with Gasteiger partial charge in [-0.05, 0) is 30.5 Å². The SMILES string of the molecule is CCCN(CCO)C(=O)[C@@H](N)Cc1ccc(O)c(O)c1. The minimum atomic E-state index is -0.739. The van der Waals surface area contributed by atoms with Gasteiger partial charge in [-0.2, -0.15) is 0 Å². The maximum absolute atomic E-state index is 12.2. The van der Waals surface area contributed by atoms with E-state index in [1.807, 2.05) is 6.92 Å². The molecule has 1 aromatic rings. The number of aliphatic hydroxyl groups excluding tert-OH is 1. The van der Waals surface area contributed by atoms with Gasteiger partial charge in [0.25, 0.3) is 0 Å². The Kier molecular flexibility index (Phi) is 6.27. The van der Waals surface area contributed by atoms with E-state index in [4.69, 9.17) is 10.8 Å². The zero-order chi connectivity index (χ0) is 15.1. The third-order valence-electron chi connectivity index (χ3n) is 2.99. The van der Waals surface area contributed by atoms with Gasteiger partial charge in [-0.1, -0.05) is 13.0 Å². The van der Waals surface area contributed by atoms with Crippen molar-refractivity contribution in [3.8, 4) is 11.5 Å². The summed E-state index contributed by atoms with van der Waals surface area (Å²) in [4.78, 5) is 13.7. The van der Waals surface area contributed by atoms with Gasteiger partial charge in [0, 0.05) is 13.1 Å². The Labute approximate surface area is 118 Å². The van der Waals surface area contributed by atoms with Crippen LogP contribution in [0, 0.1) is 0 Å². The molecule has 0 saturated carbocycles. The van der Waals surface area contributed by atoms with Crippen LogP contribution in [0.5, 0.6) is 11.5 Å². The van der Waals surface area contributed by atoms with Crippen molar-refractivity contribution in [1.29, 1.82) is 0 Å². The van der Waals surface area contributed by atoms with Crippen molar-refractivity contribution in [2.75, 3.05) is 19.7 Å². The first-order chi connectivity index (χ1) is 9.49. The molecule has 20 heavy (non-hydrogen) atoms. The van der Waals surface area contributed by atoms with E-state index in [1.165, 1.54) is 17.0 Å². The number of aliphatic hydroxyl groups is 1. The van der Waals surface area contributed by atoms with Crippen LogP contribution in [0.3, 0.4) is 0 Å². The maximum atomic E-state index is 12.2. The van der Waals surface area contributed by atoms with Gasteiger partial charge in [0.2, 0.25) is 5.91 Å². The monoisotopic (exact) mass is 282 g/mol. The molecular weight excluding hydrogens is 260 g/mol. The van der Waals surface area contributed by atoms with E-state index in [0.29, 0.717) is 12.1 Å². The molecule has 112 valence electrons. The number of aromatic hydroxyl groups is 2. The summed E-state index contributed by atoms with van der Waals surface area (Å²) in [6.07, 6.45) is 1.05. The van der Waals surface area contributed by atoms with Crippen LogP contribution in [0.1, 0.15) is 18.9 Å². The molecule has 6 nitrogen and oxygen atoms in total. The number of carbonyl (C=O) groups excluding carboxylic acids is 1. The van der Waals surface area contributed by atoms with Crippen LogP contribution < -0.4 is 5.73 Å². The lowest BCUT2D eigenvalue weighted by molar-refractivity contribution is -0.133. The number of amides is 1. The van der Waals surface area contributed by atoms with E-state index in [0.717, 1.165) is 6.42 Å². The summed E-state index contributed by atoms with van der Waals surface area (Å²) < 4.78 is 0. The number of benzene rings is 1. The molecule has 0 heterocycles. The molecule has 0 unspecified atom stereocenters. The molecule has 0 aliphatic carbocycles. The number of carbonyl (C=O) groups is 1. The zero-order valence-electron chi connectivity index (χ0n) is 11.6. The van der Waals surface area contributed by atoms with Gasteiger partial charge >= 0.3 is 0 Å². The van der Waals surface area contributed by atoms with Crippen molar-refractivity contribution >= 4 is 5.91 Å². The summed E-state index contributed by atoms with van der Waals surface area (Å²) in [6, 6.07) is 3.62. The third-order valence-corrected chi connectivity index (χ3v) is 2.99. The van der Waals surface area contributed by atoms with Crippen molar-refractivity contribution in [2.45, 2.75) is 25.8 Å². The standard InChI is InChI=1S/C14H22N2O4/c1-2-5-16(6-7-17)14(20)11(15)8-10-3-4-12(18)13(19)9-10/h3-4,9,11,17-19H,2,5-8,15H2,1H3/t11-/m0/s1. The fraction of sp³-hybridized carbons (Fsp3) is 0.500. The fourth-order valence-corrected chi connectivity index (χ4v) is 1.99. The highest BCUT2D eigenvalue weighted by Crippen LogP contribution is 2.25. The van der Waals surface area contributed by atoms with Crippen molar-refractivity contribution in [3.05, 3.63) is 23.8 Å². The molecule has 0 spiro atoms. The zero-order valence-corrected chi connectivity index (χ0v) is 11.6. The predicted octanol–water partition coefficient (Wildman–Crippen LogP) is 0.199. The highest BCUT2D eigenvalue weighted by atomic mass is 16.3. The maximum Gasteiger partial charge on any atom is 0.239 e. The van der Waals surface area contributed by atoms with Crippen LogP contribution in [0.2, 0.25) is 0 Å². The summed E-state index contributed by atoms with van der Waals surface area (Å²) in [5.74, 6) is -0.669. The van der Waals surface area contributed by atoms with E-state index < -0.39 is 6.04 Å². The molecular formula is C14H22N2O4. The number of phenols is 2. The van der Waals surface area contributed by atoms with Gasteiger partial charge in [-0.25, -0.2) is 0 Å². The van der Waals surface area contributed by atoms with Gasteiger partial charge in [-0.3, -0.25) is 4.79 Å². The lowest BCUT2D eigenvalue weighted by Crippen LogP contribution is -2.46. The van der Waals surface area contributed by atoms with Crippen LogP contribution in [-0.4, -0.2) is 51.9 Å². The van der Waals surface area contributed by atoms with Gasteiger partial charge in [0.1, 0.15) is 0 Å². The molecule has 0 aliphatic rings. The van der Waals surface area contributed by atoms with Crippen LogP contribution in [0.25, 0.3) is 0 Å². The van der Waals surface area contributed by atoms with Crippen LogP contribution >= 0.6 is 0 Å². The minimum absolute atomic E-state index is 0.0988. The van der Waals surface area contributed by atoms with Crippen molar-refractivity contribution < 1.29 is 20.1 Å². The second kappa shape index (κ2) is 7.72. The summed E-state index contributed by atoms with van der Waals surface area (Å²) in [5.41, 5.74) is 6.55. The quantitative estimate of drug-likeness (QED) is 0.534. The van der Waals surface area contributed by atoms with Crippen LogP contribution in [0.15, 0.2) is 18.2 Å². The van der Waals surface area contributed by atoms with Crippen molar-refractivity contribution in [3.63, 3.8) is 0 Å². The Morgan fingerprint density at radius 3 is 2.55 bits per heavy atom. The molecule has 0 radical (unpaired) electrons. The average Bonchev–Trinajstić information content (AvgIpc) is 2.42. The molecule has 1 amide bonds. The molecule has 1 aromatic carbocycles. The summed E-state index contributed by atoms with van der Waals surface area (Å²) >= 11 is 0. The number of hydrogen-bond acceptors (Lipinski definition) is 5. The first-order valence-corrected chi connectivity index (χ1v) is 6.65. The van der Waals surface area contributed by atoms with E-state index in [1.54, 1.807) is 6.07 Å². The third kappa shape index (κ3) is 4.40. The summed E-state index contributed by atoms with van der Waals surface area (Å²) in [6.45, 7) is 2.66. The van der Waals surface area contributed by atoms with Crippen LogP contribution in [0.4, 0.5) is 0 Å². The summed E-state index contributed by atoms with van der Waals surface area (Å²) in [5, 5.41) is 27.6. The minimum Gasteiger partial charge on any atom is -0.504 e. The topological polar surface area (TPSA) is 107 Å². The number of rotatable bonds is 7. The van der Waals surface area contributed by atoms with E-state index in [-0.39, 0.29) is 37.0 Å². The number of hydrogen-bond donors (Lipinski definition) is 4. The second-order valence-electron chi connectivity index (χ2n) is 4.68.